The molecule has 20 heavy (non-hydrogen) atoms. The van der Waals surface area contributed by atoms with Crippen LogP contribution in [0.3, 0.4) is 0 Å². The predicted octanol–water partition coefficient (Wildman–Crippen LogP) is 2.16. The Balaban J connectivity index is 1.77. The zero-order valence-corrected chi connectivity index (χ0v) is 11.0. The summed E-state index contributed by atoms with van der Waals surface area (Å²) in [7, 11) is 0. The first kappa shape index (κ1) is 11.7. The molecule has 1 atom stereocenters. The maximum absolute atomic E-state index is 5.72. The molecule has 3 N–H and O–H groups in total. The number of hydrogen-bond donors (Lipinski definition) is 2. The molecule has 2 heterocycles. The highest BCUT2D eigenvalue weighted by molar-refractivity contribution is 5.45. The van der Waals surface area contributed by atoms with Crippen LogP contribution in [0.2, 0.25) is 0 Å². The Morgan fingerprint density at radius 1 is 1.20 bits per heavy atom. The van der Waals surface area contributed by atoms with Crippen LogP contribution in [0, 0.1) is 0 Å². The number of anilines is 1. The number of nitrogen functional groups attached to an aromatic ring is 1. The highest BCUT2D eigenvalue weighted by Crippen LogP contribution is 2.41. The van der Waals surface area contributed by atoms with E-state index in [1.54, 1.807) is 0 Å². The minimum absolute atomic E-state index is 0.0944. The van der Waals surface area contributed by atoms with Gasteiger partial charge in [0.25, 0.3) is 0 Å². The van der Waals surface area contributed by atoms with E-state index in [0.717, 1.165) is 22.8 Å². The fourth-order valence-corrected chi connectivity index (χ4v) is 2.68. The molecule has 1 fully saturated rings. The number of para-hydroxylation sites is 1. The molecule has 0 spiro atoms. The van der Waals surface area contributed by atoms with Crippen molar-refractivity contribution in [1.82, 2.24) is 9.97 Å². The Bertz CT molecular complexity index is 654. The average molecular weight is 268 g/mol. The van der Waals surface area contributed by atoms with Crippen molar-refractivity contribution >= 4 is 5.82 Å². The van der Waals surface area contributed by atoms with Gasteiger partial charge in [-0.3, -0.25) is 0 Å². The van der Waals surface area contributed by atoms with E-state index in [1.165, 1.54) is 12.8 Å². The van der Waals surface area contributed by atoms with Crippen molar-refractivity contribution in [2.45, 2.75) is 24.7 Å². The van der Waals surface area contributed by atoms with Crippen molar-refractivity contribution in [2.75, 3.05) is 12.0 Å². The molecule has 5 nitrogen and oxygen atoms in total. The second kappa shape index (κ2) is 4.45. The van der Waals surface area contributed by atoms with Gasteiger partial charge in [0.15, 0.2) is 0 Å². The van der Waals surface area contributed by atoms with Gasteiger partial charge >= 0.3 is 0 Å². The van der Waals surface area contributed by atoms with E-state index in [2.05, 4.69) is 16.5 Å². The van der Waals surface area contributed by atoms with Gasteiger partial charge in [-0.25, -0.2) is 15.8 Å². The van der Waals surface area contributed by atoms with E-state index >= 15 is 0 Å². The van der Waals surface area contributed by atoms with Crippen LogP contribution in [0.1, 0.15) is 41.8 Å². The van der Waals surface area contributed by atoms with Crippen molar-refractivity contribution in [3.05, 3.63) is 47.4 Å². The molecule has 1 unspecified atom stereocenters. The number of hydrogen-bond acceptors (Lipinski definition) is 5. The zero-order valence-electron chi connectivity index (χ0n) is 11.0. The topological polar surface area (TPSA) is 73.1 Å². The summed E-state index contributed by atoms with van der Waals surface area (Å²) in [4.78, 5) is 9.25. The van der Waals surface area contributed by atoms with E-state index in [0.29, 0.717) is 18.3 Å². The summed E-state index contributed by atoms with van der Waals surface area (Å²) in [6.07, 6.45) is 2.41. The van der Waals surface area contributed by atoms with Gasteiger partial charge in [0, 0.05) is 23.2 Å². The van der Waals surface area contributed by atoms with Crippen LogP contribution in [-0.4, -0.2) is 16.6 Å². The molecule has 1 aromatic heterocycles. The molecule has 0 saturated heterocycles. The maximum Gasteiger partial charge on any atom is 0.143 e. The summed E-state index contributed by atoms with van der Waals surface area (Å²) in [5.74, 6) is 8.61. The van der Waals surface area contributed by atoms with Crippen molar-refractivity contribution in [3.8, 4) is 5.75 Å². The Morgan fingerprint density at radius 3 is 2.85 bits per heavy atom. The van der Waals surface area contributed by atoms with Crippen LogP contribution in [0.25, 0.3) is 0 Å². The second-order valence-electron chi connectivity index (χ2n) is 5.36. The van der Waals surface area contributed by atoms with Crippen molar-refractivity contribution in [3.63, 3.8) is 0 Å². The first-order valence-electron chi connectivity index (χ1n) is 6.92. The molecule has 4 rings (SSSR count). The molecular formula is C15H16N4O. The number of nitrogens with two attached hydrogens (primary N) is 1. The number of aromatic nitrogens is 2. The number of fused-ring (bicyclic) bond motifs is 1. The number of rotatable bonds is 3. The lowest BCUT2D eigenvalue weighted by Crippen LogP contribution is -2.14. The smallest absolute Gasteiger partial charge is 0.143 e. The molecule has 102 valence electrons. The molecule has 1 aliphatic heterocycles. The third-order valence-electron chi connectivity index (χ3n) is 3.92. The standard InChI is InChI=1S/C15H16N4O/c16-19-14-7-12(9-5-6-9)17-15(18-14)11-8-20-13-4-2-1-3-10(11)13/h1-4,7,9,11H,5-6,8,16H2,(H,17,18,19). The van der Waals surface area contributed by atoms with Gasteiger partial charge in [-0.2, -0.15) is 0 Å². The van der Waals surface area contributed by atoms with Crippen LogP contribution in [-0.2, 0) is 0 Å². The van der Waals surface area contributed by atoms with Gasteiger partial charge in [0.05, 0.1) is 5.92 Å². The average Bonchev–Trinajstić information content (AvgIpc) is 3.26. The summed E-state index contributed by atoms with van der Waals surface area (Å²) in [6, 6.07) is 10.0. The summed E-state index contributed by atoms with van der Waals surface area (Å²) < 4.78 is 5.72. The Hall–Kier alpha value is -2.14. The van der Waals surface area contributed by atoms with Gasteiger partial charge in [-0.05, 0) is 18.9 Å². The maximum atomic E-state index is 5.72. The molecule has 2 aromatic rings. The Labute approximate surface area is 117 Å². The molecule has 1 aromatic carbocycles. The van der Waals surface area contributed by atoms with Crippen molar-refractivity contribution in [2.24, 2.45) is 5.84 Å². The molecule has 5 heteroatoms. The summed E-state index contributed by atoms with van der Waals surface area (Å²) in [5.41, 5.74) is 4.89. The highest BCUT2D eigenvalue weighted by Gasteiger charge is 2.31. The number of nitrogens with zero attached hydrogens (tertiary/aromatic N) is 2. The molecule has 0 radical (unpaired) electrons. The van der Waals surface area contributed by atoms with E-state index in [-0.39, 0.29) is 5.92 Å². The summed E-state index contributed by atoms with van der Waals surface area (Å²) in [6.45, 7) is 0.595. The van der Waals surface area contributed by atoms with E-state index in [9.17, 15) is 0 Å². The van der Waals surface area contributed by atoms with Gasteiger partial charge in [0.2, 0.25) is 0 Å². The monoisotopic (exact) mass is 268 g/mol. The van der Waals surface area contributed by atoms with Crippen LogP contribution in [0.5, 0.6) is 5.75 Å². The minimum Gasteiger partial charge on any atom is -0.492 e. The van der Waals surface area contributed by atoms with Crippen LogP contribution in [0.15, 0.2) is 30.3 Å². The number of hydrazine groups is 1. The van der Waals surface area contributed by atoms with Crippen LogP contribution < -0.4 is 16.0 Å². The lowest BCUT2D eigenvalue weighted by Gasteiger charge is -2.11. The quantitative estimate of drug-likeness (QED) is 0.659. The normalized spacial score (nSPS) is 20.4. The van der Waals surface area contributed by atoms with Crippen LogP contribution in [0.4, 0.5) is 5.82 Å². The second-order valence-corrected chi connectivity index (χ2v) is 5.36. The fraction of sp³-hybridized carbons (Fsp3) is 0.333. The predicted molar refractivity (Wildman–Crippen MR) is 75.6 cm³/mol. The van der Waals surface area contributed by atoms with Gasteiger partial charge in [-0.15, -0.1) is 0 Å². The molecule has 1 saturated carbocycles. The lowest BCUT2D eigenvalue weighted by molar-refractivity contribution is 0.339. The van der Waals surface area contributed by atoms with Gasteiger partial charge in [-0.1, -0.05) is 18.2 Å². The number of benzene rings is 1. The minimum atomic E-state index is 0.0944. The largest absolute Gasteiger partial charge is 0.492 e. The lowest BCUT2D eigenvalue weighted by atomic mass is 10.0. The molecule has 1 aliphatic carbocycles. The molecule has 0 bridgehead atoms. The Kier molecular flexibility index (Phi) is 2.60. The van der Waals surface area contributed by atoms with Gasteiger partial charge in [0.1, 0.15) is 24.0 Å². The molecule has 0 amide bonds. The fourth-order valence-electron chi connectivity index (χ4n) is 2.68. The van der Waals surface area contributed by atoms with Gasteiger partial charge < -0.3 is 10.2 Å². The SMILES string of the molecule is NNc1cc(C2CC2)nc(C2COc3ccccc32)n1. The Morgan fingerprint density at radius 2 is 2.05 bits per heavy atom. The number of ether oxygens (including phenoxy) is 1. The van der Waals surface area contributed by atoms with Crippen molar-refractivity contribution in [1.29, 1.82) is 0 Å². The highest BCUT2D eigenvalue weighted by atomic mass is 16.5. The summed E-state index contributed by atoms with van der Waals surface area (Å²) >= 11 is 0. The van der Waals surface area contributed by atoms with Crippen molar-refractivity contribution < 1.29 is 4.74 Å². The first-order valence-corrected chi connectivity index (χ1v) is 6.92. The third-order valence-corrected chi connectivity index (χ3v) is 3.92. The van der Waals surface area contributed by atoms with E-state index in [1.807, 2.05) is 24.3 Å². The van der Waals surface area contributed by atoms with Crippen LogP contribution >= 0.6 is 0 Å². The van der Waals surface area contributed by atoms with E-state index < -0.39 is 0 Å². The number of nitrogens with one attached hydrogen (secondary N) is 1. The third kappa shape index (κ3) is 1.91. The molecule has 2 aliphatic rings. The summed E-state index contributed by atoms with van der Waals surface area (Å²) in [5, 5.41) is 0. The van der Waals surface area contributed by atoms with E-state index in [4.69, 9.17) is 15.6 Å². The molecular weight excluding hydrogens is 252 g/mol. The first-order chi connectivity index (χ1) is 9.85. The zero-order chi connectivity index (χ0) is 13.5.